The van der Waals surface area contributed by atoms with Crippen LogP contribution in [0.25, 0.3) is 0 Å². The summed E-state index contributed by atoms with van der Waals surface area (Å²) in [5.41, 5.74) is 0.739. The van der Waals surface area contributed by atoms with Gasteiger partial charge in [0.05, 0.1) is 13.7 Å². The Balaban J connectivity index is 2.78. The van der Waals surface area contributed by atoms with Crippen LogP contribution < -0.4 is 15.4 Å². The number of nitrogens with zero attached hydrogens (tertiary/aromatic N) is 1. The Bertz CT molecular complexity index is 397. The van der Waals surface area contributed by atoms with E-state index in [-0.39, 0.29) is 5.75 Å². The predicted molar refractivity (Wildman–Crippen MR) is 73.2 cm³/mol. The molecular formula is C13H21N3O2. The van der Waals surface area contributed by atoms with Crippen molar-refractivity contribution in [2.24, 2.45) is 4.99 Å². The fraction of sp³-hybridized carbons (Fsp3) is 0.462. The Morgan fingerprint density at radius 1 is 1.28 bits per heavy atom. The van der Waals surface area contributed by atoms with Gasteiger partial charge in [-0.15, -0.1) is 0 Å². The summed E-state index contributed by atoms with van der Waals surface area (Å²) < 4.78 is 5.12. The molecule has 0 heterocycles. The fourth-order valence-electron chi connectivity index (χ4n) is 1.49. The first-order valence-corrected chi connectivity index (χ1v) is 6.09. The minimum atomic E-state index is 0.229. The van der Waals surface area contributed by atoms with E-state index in [1.807, 2.05) is 13.8 Å². The van der Waals surface area contributed by atoms with Crippen LogP contribution in [0.15, 0.2) is 23.2 Å². The first-order chi connectivity index (χ1) is 8.71. The molecule has 3 N–H and O–H groups in total. The summed E-state index contributed by atoms with van der Waals surface area (Å²) in [6.45, 7) is 6.02. The molecule has 0 fully saturated rings. The highest BCUT2D eigenvalue weighted by molar-refractivity contribution is 5.79. The van der Waals surface area contributed by atoms with Crippen molar-refractivity contribution in [2.45, 2.75) is 20.4 Å². The van der Waals surface area contributed by atoms with E-state index < -0.39 is 0 Å². The third kappa shape index (κ3) is 4.16. The number of ether oxygens (including phenoxy) is 1. The van der Waals surface area contributed by atoms with Gasteiger partial charge >= 0.3 is 0 Å². The molecule has 100 valence electrons. The minimum Gasteiger partial charge on any atom is -0.508 e. The van der Waals surface area contributed by atoms with Crippen molar-refractivity contribution in [3.05, 3.63) is 23.8 Å². The van der Waals surface area contributed by atoms with E-state index in [4.69, 9.17) is 4.74 Å². The quantitative estimate of drug-likeness (QED) is 0.548. The maximum Gasteiger partial charge on any atom is 0.191 e. The monoisotopic (exact) mass is 251 g/mol. The number of nitrogens with one attached hydrogen (secondary N) is 2. The molecule has 0 saturated heterocycles. The summed E-state index contributed by atoms with van der Waals surface area (Å²) in [4.78, 5) is 4.39. The number of rotatable bonds is 5. The molecular weight excluding hydrogens is 230 g/mol. The third-order valence-corrected chi connectivity index (χ3v) is 2.38. The Kier molecular flexibility index (Phi) is 5.84. The number of benzene rings is 1. The largest absolute Gasteiger partial charge is 0.508 e. The molecule has 0 aliphatic carbocycles. The van der Waals surface area contributed by atoms with Crippen LogP contribution in [0.4, 0.5) is 0 Å². The van der Waals surface area contributed by atoms with Crippen molar-refractivity contribution in [3.8, 4) is 11.5 Å². The summed E-state index contributed by atoms with van der Waals surface area (Å²) >= 11 is 0. The Hall–Kier alpha value is -1.91. The van der Waals surface area contributed by atoms with E-state index >= 15 is 0 Å². The van der Waals surface area contributed by atoms with Gasteiger partial charge in [-0.25, -0.2) is 4.99 Å². The van der Waals surface area contributed by atoms with E-state index in [0.717, 1.165) is 24.6 Å². The van der Waals surface area contributed by atoms with Crippen molar-refractivity contribution in [2.75, 3.05) is 20.2 Å². The Morgan fingerprint density at radius 3 is 2.50 bits per heavy atom. The molecule has 5 nitrogen and oxygen atoms in total. The molecule has 0 atom stereocenters. The lowest BCUT2D eigenvalue weighted by Crippen LogP contribution is -2.36. The summed E-state index contributed by atoms with van der Waals surface area (Å²) in [6.07, 6.45) is 0. The van der Waals surface area contributed by atoms with Crippen LogP contribution in [-0.4, -0.2) is 31.3 Å². The van der Waals surface area contributed by atoms with E-state index in [9.17, 15) is 5.11 Å². The number of phenols is 1. The molecule has 5 heteroatoms. The van der Waals surface area contributed by atoms with E-state index in [1.165, 1.54) is 0 Å². The van der Waals surface area contributed by atoms with Gasteiger partial charge in [0.1, 0.15) is 11.5 Å². The van der Waals surface area contributed by atoms with Gasteiger partial charge in [-0.2, -0.15) is 0 Å². The van der Waals surface area contributed by atoms with Gasteiger partial charge in [-0.1, -0.05) is 0 Å². The highest BCUT2D eigenvalue weighted by atomic mass is 16.5. The van der Waals surface area contributed by atoms with Crippen molar-refractivity contribution in [1.82, 2.24) is 10.6 Å². The number of aromatic hydroxyl groups is 1. The highest BCUT2D eigenvalue weighted by Crippen LogP contribution is 2.23. The van der Waals surface area contributed by atoms with E-state index in [1.54, 1.807) is 25.3 Å². The van der Waals surface area contributed by atoms with Crippen molar-refractivity contribution >= 4 is 5.96 Å². The van der Waals surface area contributed by atoms with Gasteiger partial charge in [0.15, 0.2) is 5.96 Å². The number of methoxy groups -OCH3 is 1. The maximum atomic E-state index is 9.74. The lowest BCUT2D eigenvalue weighted by Gasteiger charge is -2.10. The molecule has 18 heavy (non-hydrogen) atoms. The number of aliphatic imine (C=N–C) groups is 1. The second-order valence-electron chi connectivity index (χ2n) is 3.72. The average molecular weight is 251 g/mol. The zero-order valence-corrected chi connectivity index (χ0v) is 11.2. The number of hydrogen-bond acceptors (Lipinski definition) is 3. The van der Waals surface area contributed by atoms with Crippen molar-refractivity contribution in [3.63, 3.8) is 0 Å². The number of guanidine groups is 1. The van der Waals surface area contributed by atoms with Crippen LogP contribution in [0.2, 0.25) is 0 Å². The molecule has 1 aromatic rings. The maximum absolute atomic E-state index is 9.74. The van der Waals surface area contributed by atoms with Crippen LogP contribution in [0.5, 0.6) is 11.5 Å². The van der Waals surface area contributed by atoms with Gasteiger partial charge in [0, 0.05) is 18.7 Å². The summed E-state index contributed by atoms with van der Waals surface area (Å²) in [6, 6.07) is 5.12. The van der Waals surface area contributed by atoms with Crippen LogP contribution in [-0.2, 0) is 6.54 Å². The Morgan fingerprint density at radius 2 is 1.94 bits per heavy atom. The Labute approximate surface area is 108 Å². The molecule has 0 unspecified atom stereocenters. The SMILES string of the molecule is CCNC(=NCc1cc(OC)ccc1O)NCC. The molecule has 0 bridgehead atoms. The zero-order chi connectivity index (χ0) is 13.4. The van der Waals surface area contributed by atoms with Gasteiger partial charge in [-0.3, -0.25) is 0 Å². The van der Waals surface area contributed by atoms with Gasteiger partial charge < -0.3 is 20.5 Å². The normalized spacial score (nSPS) is 9.72. The second kappa shape index (κ2) is 7.42. The van der Waals surface area contributed by atoms with Gasteiger partial charge in [0.25, 0.3) is 0 Å². The molecule has 0 aliphatic heterocycles. The van der Waals surface area contributed by atoms with Gasteiger partial charge in [0.2, 0.25) is 0 Å². The van der Waals surface area contributed by atoms with Crippen molar-refractivity contribution in [1.29, 1.82) is 0 Å². The smallest absolute Gasteiger partial charge is 0.191 e. The third-order valence-electron chi connectivity index (χ3n) is 2.38. The summed E-state index contributed by atoms with van der Waals surface area (Å²) in [5, 5.41) is 16.0. The fourth-order valence-corrected chi connectivity index (χ4v) is 1.49. The molecule has 1 aromatic carbocycles. The first kappa shape index (κ1) is 14.2. The lowest BCUT2D eigenvalue weighted by atomic mass is 10.2. The molecule has 0 aromatic heterocycles. The van der Waals surface area contributed by atoms with E-state index in [2.05, 4.69) is 15.6 Å². The molecule has 0 saturated carbocycles. The van der Waals surface area contributed by atoms with Gasteiger partial charge in [-0.05, 0) is 32.0 Å². The van der Waals surface area contributed by atoms with E-state index in [0.29, 0.717) is 12.3 Å². The zero-order valence-electron chi connectivity index (χ0n) is 11.2. The highest BCUT2D eigenvalue weighted by Gasteiger charge is 2.03. The first-order valence-electron chi connectivity index (χ1n) is 6.09. The van der Waals surface area contributed by atoms with Crippen LogP contribution >= 0.6 is 0 Å². The number of phenolic OH excluding ortho intramolecular Hbond substituents is 1. The lowest BCUT2D eigenvalue weighted by molar-refractivity contribution is 0.411. The van der Waals surface area contributed by atoms with Crippen LogP contribution in [0.1, 0.15) is 19.4 Å². The number of hydrogen-bond donors (Lipinski definition) is 3. The minimum absolute atomic E-state index is 0.229. The molecule has 1 rings (SSSR count). The van der Waals surface area contributed by atoms with Crippen LogP contribution in [0.3, 0.4) is 0 Å². The topological polar surface area (TPSA) is 65.9 Å². The molecule has 0 spiro atoms. The average Bonchev–Trinajstić information content (AvgIpc) is 2.38. The molecule has 0 aliphatic rings. The second-order valence-corrected chi connectivity index (χ2v) is 3.72. The summed E-state index contributed by atoms with van der Waals surface area (Å²) in [5.74, 6) is 1.68. The standard InChI is InChI=1S/C13H21N3O2/c1-4-14-13(15-5-2)16-9-10-8-11(18-3)6-7-12(10)17/h6-8,17H,4-5,9H2,1-3H3,(H2,14,15,16). The molecule has 0 amide bonds. The predicted octanol–water partition coefficient (Wildman–Crippen LogP) is 1.48. The van der Waals surface area contributed by atoms with Crippen LogP contribution in [0, 0.1) is 0 Å². The van der Waals surface area contributed by atoms with Crippen molar-refractivity contribution < 1.29 is 9.84 Å². The molecule has 0 radical (unpaired) electrons. The summed E-state index contributed by atoms with van der Waals surface area (Å²) in [7, 11) is 1.60.